The molecule has 0 aliphatic carbocycles. The van der Waals surface area contributed by atoms with Crippen molar-refractivity contribution < 1.29 is 28.0 Å². The van der Waals surface area contributed by atoms with Crippen molar-refractivity contribution in [3.05, 3.63) is 12.2 Å². The molecule has 1 heterocycles. The van der Waals surface area contributed by atoms with E-state index < -0.39 is 13.9 Å². The summed E-state index contributed by atoms with van der Waals surface area (Å²) in [6, 6.07) is 0. The van der Waals surface area contributed by atoms with Crippen LogP contribution in [0, 0.1) is 0 Å². The van der Waals surface area contributed by atoms with Crippen LogP contribution >= 0.6 is 7.82 Å². The van der Waals surface area contributed by atoms with E-state index >= 15 is 0 Å². The van der Waals surface area contributed by atoms with Gasteiger partial charge in [-0.15, -0.1) is 0 Å². The predicted octanol–water partition coefficient (Wildman–Crippen LogP) is 6.08. The van der Waals surface area contributed by atoms with Crippen LogP contribution in [0.3, 0.4) is 0 Å². The summed E-state index contributed by atoms with van der Waals surface area (Å²) in [4.78, 5) is 20.8. The Hall–Kier alpha value is -0.680. The maximum absolute atomic E-state index is 11.7. The summed E-state index contributed by atoms with van der Waals surface area (Å²) in [7, 11) is -3.92. The van der Waals surface area contributed by atoms with Crippen molar-refractivity contribution >= 4 is 13.8 Å². The molecule has 0 aromatic rings. The molecule has 1 rings (SSSR count). The van der Waals surface area contributed by atoms with Crippen molar-refractivity contribution in [1.29, 1.82) is 0 Å². The Morgan fingerprint density at radius 3 is 2.00 bits per heavy atom. The van der Waals surface area contributed by atoms with E-state index in [4.69, 9.17) is 9.63 Å². The molecule has 1 N–H and O–H groups in total. The molecule has 0 saturated carbocycles. The Balaban J connectivity index is 1.84. The lowest BCUT2D eigenvalue weighted by Crippen LogP contribution is -2.31. The first-order valence-corrected chi connectivity index (χ1v) is 12.5. The molecule has 1 aliphatic heterocycles. The minimum atomic E-state index is -3.92. The molecule has 0 bridgehead atoms. The fourth-order valence-electron chi connectivity index (χ4n) is 3.09. The molecule has 1 fully saturated rings. The lowest BCUT2D eigenvalue weighted by atomic mass is 10.1. The van der Waals surface area contributed by atoms with Crippen LogP contribution in [0.2, 0.25) is 0 Å². The highest BCUT2D eigenvalue weighted by Crippen LogP contribution is 2.46. The van der Waals surface area contributed by atoms with Crippen LogP contribution in [-0.2, 0) is 23.1 Å². The molecular formula is C21H39O6P. The first-order chi connectivity index (χ1) is 13.5. The molecule has 0 amide bonds. The molecule has 0 atom stereocenters. The minimum absolute atomic E-state index is 0.0914. The molecule has 0 radical (unpaired) electrons. The topological polar surface area (TPSA) is 82.1 Å². The van der Waals surface area contributed by atoms with Gasteiger partial charge < -0.3 is 9.63 Å². The van der Waals surface area contributed by atoms with Crippen molar-refractivity contribution in [2.24, 2.45) is 0 Å². The summed E-state index contributed by atoms with van der Waals surface area (Å²) < 4.78 is 25.5. The van der Waals surface area contributed by atoms with Gasteiger partial charge in [-0.25, -0.2) is 4.57 Å². The predicted molar refractivity (Wildman–Crippen MR) is 111 cm³/mol. The second-order valence-corrected chi connectivity index (χ2v) is 8.96. The van der Waals surface area contributed by atoms with Gasteiger partial charge >= 0.3 is 13.8 Å². The van der Waals surface area contributed by atoms with E-state index in [1.54, 1.807) is 0 Å². The third kappa shape index (κ3) is 14.3. The van der Waals surface area contributed by atoms with Gasteiger partial charge in [-0.05, 0) is 32.1 Å². The summed E-state index contributed by atoms with van der Waals surface area (Å²) in [5.74, 6) is -0.301. The standard InChI is InChI=1S/C21H39O6P/c1-2-3-4-5-6-7-8-9-10-11-12-13-14-15-16-17-21(22)27-20-18-25-28(23,24)26-19-20/h9-10,20H,2-8,11-19H2,1H3,(H,23,24)/b10-9-. The van der Waals surface area contributed by atoms with Gasteiger partial charge in [0.05, 0.1) is 13.2 Å². The number of carbonyl (C=O) groups excluding carboxylic acids is 1. The summed E-state index contributed by atoms with van der Waals surface area (Å²) in [5.41, 5.74) is 0. The van der Waals surface area contributed by atoms with E-state index in [1.165, 1.54) is 57.8 Å². The summed E-state index contributed by atoms with van der Waals surface area (Å²) in [5, 5.41) is 0. The van der Waals surface area contributed by atoms with E-state index in [1.807, 2.05) is 0 Å². The van der Waals surface area contributed by atoms with Crippen LogP contribution in [0.15, 0.2) is 12.2 Å². The van der Waals surface area contributed by atoms with Crippen LogP contribution in [0.5, 0.6) is 0 Å². The number of phosphoric ester groups is 1. The SMILES string of the molecule is CCCCCCCC/C=C\CCCCCCCC(=O)OC1COP(=O)(O)OC1. The maximum atomic E-state index is 11.7. The summed E-state index contributed by atoms with van der Waals surface area (Å²) >= 11 is 0. The van der Waals surface area contributed by atoms with E-state index in [2.05, 4.69) is 28.1 Å². The molecule has 0 aromatic carbocycles. The van der Waals surface area contributed by atoms with Gasteiger partial charge in [0.15, 0.2) is 0 Å². The Morgan fingerprint density at radius 2 is 1.43 bits per heavy atom. The van der Waals surface area contributed by atoms with Gasteiger partial charge in [0.2, 0.25) is 0 Å². The lowest BCUT2D eigenvalue weighted by molar-refractivity contribution is -0.155. The first kappa shape index (κ1) is 25.4. The lowest BCUT2D eigenvalue weighted by Gasteiger charge is -2.24. The maximum Gasteiger partial charge on any atom is 0.472 e. The van der Waals surface area contributed by atoms with E-state index in [-0.39, 0.29) is 19.2 Å². The third-order valence-corrected chi connectivity index (χ3v) is 5.74. The van der Waals surface area contributed by atoms with Crippen molar-refractivity contribution in [2.45, 2.75) is 103 Å². The van der Waals surface area contributed by atoms with E-state index in [0.717, 1.165) is 25.7 Å². The molecule has 0 spiro atoms. The summed E-state index contributed by atoms with van der Waals surface area (Å²) in [6.45, 7) is 2.07. The van der Waals surface area contributed by atoms with E-state index in [0.29, 0.717) is 6.42 Å². The zero-order chi connectivity index (χ0) is 20.5. The fraction of sp³-hybridized carbons (Fsp3) is 0.857. The van der Waals surface area contributed by atoms with Gasteiger partial charge in [-0.3, -0.25) is 13.8 Å². The normalized spacial score (nSPS) is 22.6. The van der Waals surface area contributed by atoms with Crippen LogP contribution in [0.1, 0.15) is 96.8 Å². The Morgan fingerprint density at radius 1 is 0.929 bits per heavy atom. The molecule has 1 saturated heterocycles. The number of carbonyl (C=O) groups is 1. The number of esters is 1. The average Bonchev–Trinajstić information content (AvgIpc) is 2.66. The van der Waals surface area contributed by atoms with Gasteiger partial charge in [-0.1, -0.05) is 70.4 Å². The largest absolute Gasteiger partial charge is 0.472 e. The van der Waals surface area contributed by atoms with Gasteiger partial charge in [0.25, 0.3) is 0 Å². The number of unbranched alkanes of at least 4 members (excludes halogenated alkanes) is 11. The third-order valence-electron chi connectivity index (χ3n) is 4.79. The number of phosphoric acid groups is 1. The molecule has 1 aliphatic rings. The fourth-order valence-corrected chi connectivity index (χ4v) is 3.88. The highest BCUT2D eigenvalue weighted by atomic mass is 31.2. The van der Waals surface area contributed by atoms with Gasteiger partial charge in [0, 0.05) is 6.42 Å². The number of hydrogen-bond acceptors (Lipinski definition) is 5. The smallest absolute Gasteiger partial charge is 0.457 e. The Labute approximate surface area is 170 Å². The molecule has 0 aromatic heterocycles. The van der Waals surface area contributed by atoms with Crippen LogP contribution in [0.25, 0.3) is 0 Å². The van der Waals surface area contributed by atoms with Crippen molar-refractivity contribution in [1.82, 2.24) is 0 Å². The Bertz CT molecular complexity index is 468. The molecular weight excluding hydrogens is 379 g/mol. The quantitative estimate of drug-likeness (QED) is 0.141. The monoisotopic (exact) mass is 418 g/mol. The number of ether oxygens (including phenoxy) is 1. The number of allylic oxidation sites excluding steroid dienone is 2. The van der Waals surface area contributed by atoms with Crippen molar-refractivity contribution in [2.75, 3.05) is 13.2 Å². The van der Waals surface area contributed by atoms with Gasteiger partial charge in [0.1, 0.15) is 6.10 Å². The van der Waals surface area contributed by atoms with E-state index in [9.17, 15) is 9.36 Å². The number of rotatable bonds is 16. The zero-order valence-corrected chi connectivity index (χ0v) is 18.4. The number of hydrogen-bond donors (Lipinski definition) is 1. The molecule has 28 heavy (non-hydrogen) atoms. The first-order valence-electron chi connectivity index (χ1n) is 11.0. The van der Waals surface area contributed by atoms with Crippen LogP contribution in [0.4, 0.5) is 0 Å². The molecule has 164 valence electrons. The highest BCUT2D eigenvalue weighted by Gasteiger charge is 2.32. The second-order valence-electron chi connectivity index (χ2n) is 7.51. The van der Waals surface area contributed by atoms with Crippen molar-refractivity contribution in [3.63, 3.8) is 0 Å². The molecule has 7 heteroatoms. The molecule has 6 nitrogen and oxygen atoms in total. The minimum Gasteiger partial charge on any atom is -0.457 e. The van der Waals surface area contributed by atoms with Crippen molar-refractivity contribution in [3.8, 4) is 0 Å². The highest BCUT2D eigenvalue weighted by molar-refractivity contribution is 7.47. The van der Waals surface area contributed by atoms with Crippen LogP contribution < -0.4 is 0 Å². The van der Waals surface area contributed by atoms with Gasteiger partial charge in [-0.2, -0.15) is 0 Å². The second kappa shape index (κ2) is 16.2. The molecule has 0 unspecified atom stereocenters. The van der Waals surface area contributed by atoms with Crippen LogP contribution in [-0.4, -0.2) is 30.2 Å². The average molecular weight is 419 g/mol. The Kier molecular flexibility index (Phi) is 14.6. The summed E-state index contributed by atoms with van der Waals surface area (Å²) in [6.07, 6.45) is 20.2. The zero-order valence-electron chi connectivity index (χ0n) is 17.5.